The summed E-state index contributed by atoms with van der Waals surface area (Å²) in [6, 6.07) is 4.17. The van der Waals surface area contributed by atoms with Gasteiger partial charge in [-0.2, -0.15) is 0 Å². The molecule has 2 saturated heterocycles. The monoisotopic (exact) mass is 296 g/mol. The largest absolute Gasteiger partial charge is 0.384 e. The number of aryl methyl sites for hydroxylation is 1. The second kappa shape index (κ2) is 5.41. The molecule has 0 saturated carbocycles. The quantitative estimate of drug-likeness (QED) is 0.910. The molecule has 112 valence electrons. The van der Waals surface area contributed by atoms with Crippen LogP contribution in [0.3, 0.4) is 0 Å². The van der Waals surface area contributed by atoms with E-state index >= 15 is 0 Å². The van der Waals surface area contributed by atoms with E-state index < -0.39 is 5.60 Å². The Morgan fingerprint density at radius 2 is 2.05 bits per heavy atom. The van der Waals surface area contributed by atoms with Crippen LogP contribution >= 0.6 is 11.3 Å². The standard InChI is InChI=1S/C16H24O3S/c1-12-3-4-14(20-12)15(2,17)13-5-8-19-16(11-13)6-9-18-10-7-16/h3-4,13,17H,5-11H2,1-2H3. The maximum absolute atomic E-state index is 11.1. The SMILES string of the molecule is Cc1ccc(C(C)(O)C2CCOC3(CCOCC3)C2)s1. The van der Waals surface area contributed by atoms with Crippen LogP contribution in [-0.2, 0) is 15.1 Å². The lowest BCUT2D eigenvalue weighted by Gasteiger charge is -2.47. The van der Waals surface area contributed by atoms with E-state index in [9.17, 15) is 5.11 Å². The zero-order valence-electron chi connectivity index (χ0n) is 12.4. The lowest BCUT2D eigenvalue weighted by molar-refractivity contribution is -0.173. The first-order chi connectivity index (χ1) is 9.52. The van der Waals surface area contributed by atoms with E-state index in [0.717, 1.165) is 50.4 Å². The molecule has 0 aromatic carbocycles. The minimum Gasteiger partial charge on any atom is -0.384 e. The van der Waals surface area contributed by atoms with Gasteiger partial charge < -0.3 is 14.6 Å². The number of hydrogen-bond acceptors (Lipinski definition) is 4. The van der Waals surface area contributed by atoms with Gasteiger partial charge in [-0.1, -0.05) is 0 Å². The summed E-state index contributed by atoms with van der Waals surface area (Å²) < 4.78 is 11.6. The summed E-state index contributed by atoms with van der Waals surface area (Å²) in [4.78, 5) is 2.34. The van der Waals surface area contributed by atoms with Crippen molar-refractivity contribution < 1.29 is 14.6 Å². The summed E-state index contributed by atoms with van der Waals surface area (Å²) in [6.45, 7) is 6.39. The third kappa shape index (κ3) is 2.67. The fraction of sp³-hybridized carbons (Fsp3) is 0.750. The Hall–Kier alpha value is -0.420. The van der Waals surface area contributed by atoms with Gasteiger partial charge in [-0.05, 0) is 57.6 Å². The Morgan fingerprint density at radius 1 is 1.30 bits per heavy atom. The van der Waals surface area contributed by atoms with Crippen molar-refractivity contribution in [3.8, 4) is 0 Å². The van der Waals surface area contributed by atoms with Gasteiger partial charge in [0.15, 0.2) is 0 Å². The van der Waals surface area contributed by atoms with Crippen molar-refractivity contribution in [2.24, 2.45) is 5.92 Å². The van der Waals surface area contributed by atoms with Crippen molar-refractivity contribution in [1.29, 1.82) is 0 Å². The molecule has 0 amide bonds. The van der Waals surface area contributed by atoms with Crippen LogP contribution in [-0.4, -0.2) is 30.5 Å². The van der Waals surface area contributed by atoms with Crippen LogP contribution in [0, 0.1) is 12.8 Å². The van der Waals surface area contributed by atoms with Crippen molar-refractivity contribution in [2.45, 2.75) is 50.7 Å². The molecule has 2 aliphatic rings. The number of aliphatic hydroxyl groups is 1. The van der Waals surface area contributed by atoms with E-state index in [1.54, 1.807) is 11.3 Å². The minimum atomic E-state index is -0.742. The molecule has 3 rings (SSSR count). The van der Waals surface area contributed by atoms with Crippen LogP contribution in [0.25, 0.3) is 0 Å². The highest BCUT2D eigenvalue weighted by atomic mass is 32.1. The average molecular weight is 296 g/mol. The van der Waals surface area contributed by atoms with Gasteiger partial charge in [0.25, 0.3) is 0 Å². The fourth-order valence-corrected chi connectivity index (χ4v) is 4.50. The molecule has 20 heavy (non-hydrogen) atoms. The fourth-order valence-electron chi connectivity index (χ4n) is 3.51. The molecular weight excluding hydrogens is 272 g/mol. The maximum atomic E-state index is 11.1. The maximum Gasteiger partial charge on any atom is 0.0989 e. The van der Waals surface area contributed by atoms with Crippen molar-refractivity contribution in [3.05, 3.63) is 21.9 Å². The van der Waals surface area contributed by atoms with Crippen LogP contribution in [0.5, 0.6) is 0 Å². The molecule has 2 unspecified atom stereocenters. The third-order valence-corrected chi connectivity index (χ3v) is 6.16. The molecule has 1 spiro atoms. The first kappa shape index (κ1) is 14.5. The topological polar surface area (TPSA) is 38.7 Å². The average Bonchev–Trinajstić information content (AvgIpc) is 2.87. The molecule has 2 fully saturated rings. The predicted molar refractivity (Wildman–Crippen MR) is 80.1 cm³/mol. The van der Waals surface area contributed by atoms with Crippen molar-refractivity contribution in [1.82, 2.24) is 0 Å². The van der Waals surface area contributed by atoms with E-state index in [2.05, 4.69) is 19.1 Å². The normalized spacial score (nSPS) is 29.2. The molecule has 4 heteroatoms. The molecule has 1 aromatic heterocycles. The van der Waals surface area contributed by atoms with Crippen LogP contribution < -0.4 is 0 Å². The van der Waals surface area contributed by atoms with E-state index in [0.29, 0.717) is 0 Å². The zero-order valence-corrected chi connectivity index (χ0v) is 13.2. The molecule has 2 atom stereocenters. The van der Waals surface area contributed by atoms with Crippen LogP contribution in [0.1, 0.15) is 42.4 Å². The molecule has 2 aliphatic heterocycles. The molecule has 1 N–H and O–H groups in total. The molecule has 1 aromatic rings. The smallest absolute Gasteiger partial charge is 0.0989 e. The van der Waals surface area contributed by atoms with E-state index in [1.165, 1.54) is 4.88 Å². The van der Waals surface area contributed by atoms with Crippen molar-refractivity contribution in [3.63, 3.8) is 0 Å². The molecule has 0 aliphatic carbocycles. The highest BCUT2D eigenvalue weighted by Gasteiger charge is 2.45. The van der Waals surface area contributed by atoms with Gasteiger partial charge >= 0.3 is 0 Å². The minimum absolute atomic E-state index is 0.0581. The summed E-state index contributed by atoms with van der Waals surface area (Å²) in [5.41, 5.74) is -0.800. The van der Waals surface area contributed by atoms with Crippen molar-refractivity contribution in [2.75, 3.05) is 19.8 Å². The highest BCUT2D eigenvalue weighted by Crippen LogP contribution is 2.45. The predicted octanol–water partition coefficient (Wildman–Crippen LogP) is 3.24. The first-order valence-corrected chi connectivity index (χ1v) is 8.35. The Balaban J connectivity index is 1.78. The van der Waals surface area contributed by atoms with Crippen molar-refractivity contribution >= 4 is 11.3 Å². The lowest BCUT2D eigenvalue weighted by atomic mass is 9.73. The van der Waals surface area contributed by atoms with E-state index in [4.69, 9.17) is 9.47 Å². The number of thiophene rings is 1. The van der Waals surface area contributed by atoms with Crippen LogP contribution in [0.2, 0.25) is 0 Å². The lowest BCUT2D eigenvalue weighted by Crippen LogP contribution is -2.48. The highest BCUT2D eigenvalue weighted by molar-refractivity contribution is 7.12. The van der Waals surface area contributed by atoms with Gasteiger partial charge in [0.2, 0.25) is 0 Å². The third-order valence-electron chi connectivity index (χ3n) is 4.93. The first-order valence-electron chi connectivity index (χ1n) is 7.53. The summed E-state index contributed by atoms with van der Waals surface area (Å²) in [7, 11) is 0. The second-order valence-electron chi connectivity index (χ2n) is 6.39. The van der Waals surface area contributed by atoms with Crippen LogP contribution in [0.15, 0.2) is 12.1 Å². The Morgan fingerprint density at radius 3 is 2.70 bits per heavy atom. The molecular formula is C16H24O3S. The Labute approximate surface area is 124 Å². The Kier molecular flexibility index (Phi) is 3.93. The molecule has 0 bridgehead atoms. The number of ether oxygens (including phenoxy) is 2. The van der Waals surface area contributed by atoms with Gasteiger partial charge in [-0.25, -0.2) is 0 Å². The molecule has 3 heterocycles. The van der Waals surface area contributed by atoms with Gasteiger partial charge in [0.1, 0.15) is 0 Å². The molecule has 0 radical (unpaired) electrons. The number of hydrogen-bond donors (Lipinski definition) is 1. The summed E-state index contributed by atoms with van der Waals surface area (Å²) in [6.07, 6.45) is 3.80. The second-order valence-corrected chi connectivity index (χ2v) is 7.68. The van der Waals surface area contributed by atoms with Crippen LogP contribution in [0.4, 0.5) is 0 Å². The summed E-state index contributed by atoms with van der Waals surface area (Å²) in [5, 5.41) is 11.1. The summed E-state index contributed by atoms with van der Waals surface area (Å²) in [5.74, 6) is 0.271. The summed E-state index contributed by atoms with van der Waals surface area (Å²) >= 11 is 1.71. The Bertz CT molecular complexity index is 455. The van der Waals surface area contributed by atoms with Gasteiger partial charge in [-0.15, -0.1) is 11.3 Å². The number of rotatable bonds is 2. The van der Waals surface area contributed by atoms with Gasteiger partial charge in [0.05, 0.1) is 11.2 Å². The van der Waals surface area contributed by atoms with E-state index in [-0.39, 0.29) is 11.5 Å². The van der Waals surface area contributed by atoms with Gasteiger partial charge in [0, 0.05) is 29.6 Å². The molecule has 3 nitrogen and oxygen atoms in total. The zero-order chi connectivity index (χ0) is 14.2. The van der Waals surface area contributed by atoms with Gasteiger partial charge in [-0.3, -0.25) is 0 Å². The van der Waals surface area contributed by atoms with E-state index in [1.807, 2.05) is 6.92 Å².